The monoisotopic (exact) mass is 719 g/mol. The fourth-order valence-electron chi connectivity index (χ4n) is 6.73. The molecule has 11 heteroatoms. The van der Waals surface area contributed by atoms with Crippen LogP contribution in [0.3, 0.4) is 0 Å². The van der Waals surface area contributed by atoms with Gasteiger partial charge in [0.05, 0.1) is 36.4 Å². The SMILES string of the molecule is CC[C@H](OC)[C@@H](C)[C@H]1O[C@@H]1C(N[C@@H](C)c1ccc(Cl)cc1)C(C)(O)/C=C/C=C(\C)C1OC(=O)C[C@H](O)CC[C@@](C)(O)[C@@H](OC(C)=O)/C=C/[C@@H]1C. The number of methoxy groups -OCH3 is 1. The normalized spacial score (nSPS) is 32.4. The van der Waals surface area contributed by atoms with Crippen LogP contribution in [0.5, 0.6) is 0 Å². The van der Waals surface area contributed by atoms with Gasteiger partial charge in [-0.3, -0.25) is 9.59 Å². The number of esters is 2. The van der Waals surface area contributed by atoms with Crippen molar-refractivity contribution in [3.63, 3.8) is 0 Å². The highest BCUT2D eigenvalue weighted by Gasteiger charge is 2.54. The molecule has 0 amide bonds. The highest BCUT2D eigenvalue weighted by atomic mass is 35.5. The first kappa shape index (κ1) is 41.8. The Morgan fingerprint density at radius 3 is 2.46 bits per heavy atom. The molecule has 280 valence electrons. The summed E-state index contributed by atoms with van der Waals surface area (Å²) in [5, 5.41) is 37.9. The summed E-state index contributed by atoms with van der Waals surface area (Å²) >= 11 is 6.13. The Balaban J connectivity index is 1.90. The summed E-state index contributed by atoms with van der Waals surface area (Å²) in [7, 11) is 1.70. The second-order valence-corrected chi connectivity index (χ2v) is 14.9. The number of allylic oxidation sites excluding steroid dienone is 2. The van der Waals surface area contributed by atoms with E-state index in [4.69, 9.17) is 30.5 Å². The average Bonchev–Trinajstić information content (AvgIpc) is 3.83. The van der Waals surface area contributed by atoms with Gasteiger partial charge in [0, 0.05) is 36.9 Å². The van der Waals surface area contributed by atoms with Gasteiger partial charge in [-0.05, 0) is 76.3 Å². The molecule has 1 aromatic carbocycles. The lowest BCUT2D eigenvalue weighted by Gasteiger charge is -2.33. The molecule has 0 radical (unpaired) electrons. The van der Waals surface area contributed by atoms with E-state index in [0.29, 0.717) is 10.6 Å². The Labute approximate surface area is 302 Å². The third-order valence-electron chi connectivity index (χ3n) is 9.99. The minimum Gasteiger partial charge on any atom is -0.457 e. The molecule has 3 rings (SSSR count). The van der Waals surface area contributed by atoms with Crippen LogP contribution in [0.2, 0.25) is 5.02 Å². The molecular formula is C39H58ClNO9. The van der Waals surface area contributed by atoms with Gasteiger partial charge in [-0.2, -0.15) is 0 Å². The number of hydrogen-bond donors (Lipinski definition) is 4. The number of benzene rings is 1. The zero-order valence-electron chi connectivity index (χ0n) is 31.0. The molecule has 12 atom stereocenters. The molecule has 1 fully saturated rings. The van der Waals surface area contributed by atoms with Crippen LogP contribution in [0.15, 0.2) is 60.2 Å². The summed E-state index contributed by atoms with van der Waals surface area (Å²) in [6.45, 7) is 14.4. The molecule has 0 bridgehead atoms. The lowest BCUT2D eigenvalue weighted by Crippen LogP contribution is -2.53. The predicted molar refractivity (Wildman–Crippen MR) is 193 cm³/mol. The fourth-order valence-corrected chi connectivity index (χ4v) is 6.85. The van der Waals surface area contributed by atoms with Crippen molar-refractivity contribution in [1.29, 1.82) is 0 Å². The van der Waals surface area contributed by atoms with E-state index in [1.165, 1.54) is 6.92 Å². The number of epoxide rings is 1. The number of carbonyl (C=O) groups is 2. The van der Waals surface area contributed by atoms with Crippen molar-refractivity contribution in [2.45, 2.75) is 141 Å². The Morgan fingerprint density at radius 2 is 1.86 bits per heavy atom. The summed E-state index contributed by atoms with van der Waals surface area (Å²) in [5.74, 6) is -1.40. The summed E-state index contributed by atoms with van der Waals surface area (Å²) in [6.07, 6.45) is 6.28. The van der Waals surface area contributed by atoms with E-state index in [0.717, 1.165) is 12.0 Å². The van der Waals surface area contributed by atoms with Gasteiger partial charge in [0.15, 0.2) is 0 Å². The predicted octanol–water partition coefficient (Wildman–Crippen LogP) is 5.77. The number of rotatable bonds is 13. The van der Waals surface area contributed by atoms with Crippen LogP contribution in [-0.4, -0.2) is 88.2 Å². The third-order valence-corrected chi connectivity index (χ3v) is 10.2. The number of hydrogen-bond acceptors (Lipinski definition) is 10. The Bertz CT molecular complexity index is 1350. The first-order chi connectivity index (χ1) is 23.4. The van der Waals surface area contributed by atoms with E-state index in [-0.39, 0.29) is 49.5 Å². The number of ether oxygens (including phenoxy) is 4. The molecule has 0 saturated carbocycles. The average molecular weight is 720 g/mol. The van der Waals surface area contributed by atoms with Crippen molar-refractivity contribution in [2.24, 2.45) is 11.8 Å². The first-order valence-corrected chi connectivity index (χ1v) is 18.0. The van der Waals surface area contributed by atoms with E-state index in [1.54, 1.807) is 51.3 Å². The number of aliphatic hydroxyl groups excluding tert-OH is 1. The molecule has 50 heavy (non-hydrogen) atoms. The molecule has 2 heterocycles. The molecule has 0 aliphatic carbocycles. The molecule has 10 nitrogen and oxygen atoms in total. The van der Waals surface area contributed by atoms with Crippen LogP contribution in [0.4, 0.5) is 0 Å². The molecule has 1 saturated heterocycles. The van der Waals surface area contributed by atoms with Gasteiger partial charge < -0.3 is 39.6 Å². The van der Waals surface area contributed by atoms with Crippen molar-refractivity contribution < 1.29 is 43.9 Å². The van der Waals surface area contributed by atoms with Crippen LogP contribution in [-0.2, 0) is 28.5 Å². The standard InChI is InChI=1S/C39H58ClNO9/c1-10-31(47-9)25(4)35-36(50-35)37(41-26(5)28-14-16-29(40)17-15-28)39(8,46)20-11-12-23(2)34-24(3)13-18-32(48-27(6)42)38(7,45)21-19-30(43)22-33(44)49-34/h11-18,20,24-26,30-32,34-37,41,43,45-46H,10,19,21-22H2,1-9H3/b18-13+,20-11+,23-12+/t24-,25+,26-,30+,31-,32-,34?,35+,36-,37?,38+,39?/m0/s1. The van der Waals surface area contributed by atoms with E-state index in [2.05, 4.69) is 19.2 Å². The Morgan fingerprint density at radius 1 is 1.20 bits per heavy atom. The number of carbonyl (C=O) groups excluding carboxylic acids is 2. The highest BCUT2D eigenvalue weighted by molar-refractivity contribution is 6.30. The van der Waals surface area contributed by atoms with Gasteiger partial charge in [-0.15, -0.1) is 0 Å². The number of nitrogens with one attached hydrogen (secondary N) is 1. The zero-order chi connectivity index (χ0) is 37.4. The number of halogens is 1. The van der Waals surface area contributed by atoms with Crippen molar-refractivity contribution >= 4 is 23.5 Å². The topological polar surface area (TPSA) is 147 Å². The third kappa shape index (κ3) is 11.7. The molecule has 4 N–H and O–H groups in total. The van der Waals surface area contributed by atoms with Crippen LogP contribution < -0.4 is 5.32 Å². The maximum Gasteiger partial charge on any atom is 0.309 e. The van der Waals surface area contributed by atoms with Crippen molar-refractivity contribution in [1.82, 2.24) is 5.32 Å². The molecular weight excluding hydrogens is 662 g/mol. The molecule has 3 unspecified atom stereocenters. The maximum atomic E-state index is 12.9. The Hall–Kier alpha value is -2.57. The van der Waals surface area contributed by atoms with Gasteiger partial charge in [-0.25, -0.2) is 0 Å². The van der Waals surface area contributed by atoms with Gasteiger partial charge in [0.2, 0.25) is 0 Å². The zero-order valence-corrected chi connectivity index (χ0v) is 31.7. The highest BCUT2D eigenvalue weighted by Crippen LogP contribution is 2.39. The van der Waals surface area contributed by atoms with Crippen molar-refractivity contribution in [3.8, 4) is 0 Å². The number of aliphatic hydroxyl groups is 3. The smallest absolute Gasteiger partial charge is 0.309 e. The maximum absolute atomic E-state index is 12.9. The lowest BCUT2D eigenvalue weighted by atomic mass is 9.86. The van der Waals surface area contributed by atoms with Gasteiger partial charge in [-0.1, -0.05) is 68.8 Å². The quantitative estimate of drug-likeness (QED) is 0.0857. The van der Waals surface area contributed by atoms with Crippen molar-refractivity contribution in [2.75, 3.05) is 7.11 Å². The van der Waals surface area contributed by atoms with Crippen LogP contribution >= 0.6 is 11.6 Å². The van der Waals surface area contributed by atoms with E-state index >= 15 is 0 Å². The second-order valence-electron chi connectivity index (χ2n) is 14.5. The summed E-state index contributed by atoms with van der Waals surface area (Å²) in [4.78, 5) is 24.7. The summed E-state index contributed by atoms with van der Waals surface area (Å²) < 4.78 is 23.2. The minimum atomic E-state index is -1.46. The minimum absolute atomic E-state index is 0.0200. The summed E-state index contributed by atoms with van der Waals surface area (Å²) in [5.41, 5.74) is -1.13. The van der Waals surface area contributed by atoms with Crippen molar-refractivity contribution in [3.05, 3.63) is 70.8 Å². The van der Waals surface area contributed by atoms with Gasteiger partial charge in [0.1, 0.15) is 23.9 Å². The second kappa shape index (κ2) is 18.3. The number of cyclic esters (lactones) is 1. The molecule has 1 aromatic rings. The van der Waals surface area contributed by atoms with Gasteiger partial charge >= 0.3 is 11.9 Å². The van der Waals surface area contributed by atoms with Gasteiger partial charge in [0.25, 0.3) is 0 Å². The van der Waals surface area contributed by atoms with E-state index in [9.17, 15) is 24.9 Å². The van der Waals surface area contributed by atoms with Crippen LogP contribution in [0.1, 0.15) is 92.7 Å². The molecule has 2 aliphatic rings. The molecule has 0 aromatic heterocycles. The Kier molecular flexibility index (Phi) is 15.3. The summed E-state index contributed by atoms with van der Waals surface area (Å²) in [6, 6.07) is 6.96. The van der Waals surface area contributed by atoms with E-state index < -0.39 is 53.4 Å². The fraction of sp³-hybridized carbons (Fsp3) is 0.641. The van der Waals surface area contributed by atoms with Crippen LogP contribution in [0, 0.1) is 11.8 Å². The van der Waals surface area contributed by atoms with Crippen LogP contribution in [0.25, 0.3) is 0 Å². The first-order valence-electron chi connectivity index (χ1n) is 17.6. The lowest BCUT2D eigenvalue weighted by molar-refractivity contribution is -0.157. The largest absolute Gasteiger partial charge is 0.457 e. The molecule has 0 spiro atoms. The molecule has 2 aliphatic heterocycles. The van der Waals surface area contributed by atoms with E-state index in [1.807, 2.05) is 45.0 Å².